The summed E-state index contributed by atoms with van der Waals surface area (Å²) in [5.74, 6) is -1.58. The number of nitrogens with zero attached hydrogens (tertiary/aromatic N) is 2. The summed E-state index contributed by atoms with van der Waals surface area (Å²) >= 11 is 0. The minimum Gasteiger partial charge on any atom is -0.748 e. The molecule has 21 heteroatoms. The SMILES string of the molecule is COCCOCCOCCOCCC1(C)C(=CC=CC2=[N+](CCOC)c3ccc(S(=O)(=O)[O-])cc3C2(C)CCCS(=O)(=O)[O-])N(CCCCCC(=O)O)c2ccc(S(=O)(=O)[O-])cc21. The van der Waals surface area contributed by atoms with Crippen molar-refractivity contribution in [1.82, 2.24) is 0 Å². The summed E-state index contributed by atoms with van der Waals surface area (Å²) < 4.78 is 138. The molecule has 18 nitrogen and oxygen atoms in total. The van der Waals surface area contributed by atoms with E-state index in [1.807, 2.05) is 22.5 Å². The molecular weight excluding hydrogens is 885 g/mol. The Morgan fingerprint density at radius 2 is 1.32 bits per heavy atom. The van der Waals surface area contributed by atoms with E-state index in [2.05, 4.69) is 0 Å². The van der Waals surface area contributed by atoms with Gasteiger partial charge in [-0.15, -0.1) is 0 Å². The number of carboxylic acids is 1. The van der Waals surface area contributed by atoms with Crippen LogP contribution in [0.1, 0.15) is 69.9 Å². The van der Waals surface area contributed by atoms with Crippen LogP contribution in [0.25, 0.3) is 0 Å². The summed E-state index contributed by atoms with van der Waals surface area (Å²) in [6, 6.07) is 8.22. The van der Waals surface area contributed by atoms with Gasteiger partial charge in [0.25, 0.3) is 0 Å². The maximum absolute atomic E-state index is 12.3. The normalized spacial score (nSPS) is 19.7. The van der Waals surface area contributed by atoms with Gasteiger partial charge in [0.15, 0.2) is 12.3 Å². The van der Waals surface area contributed by atoms with Crippen LogP contribution in [-0.2, 0) is 69.7 Å². The molecule has 0 aromatic heterocycles. The Bertz CT molecular complexity index is 2330. The van der Waals surface area contributed by atoms with Crippen molar-refractivity contribution in [3.8, 4) is 0 Å². The number of anilines is 1. The lowest BCUT2D eigenvalue weighted by Crippen LogP contribution is -2.33. The molecule has 63 heavy (non-hydrogen) atoms. The molecule has 352 valence electrons. The lowest BCUT2D eigenvalue weighted by atomic mass is 9.75. The number of hydrogen-bond acceptors (Lipinski definition) is 16. The Morgan fingerprint density at radius 1 is 0.730 bits per heavy atom. The maximum Gasteiger partial charge on any atom is 0.303 e. The third-order valence-corrected chi connectivity index (χ3v) is 13.7. The number of aliphatic carboxylic acids is 1. The molecule has 0 saturated heterocycles. The van der Waals surface area contributed by atoms with Crippen LogP contribution in [0, 0.1) is 0 Å². The average molecular weight is 943 g/mol. The van der Waals surface area contributed by atoms with Gasteiger partial charge in [0, 0.05) is 74.1 Å². The van der Waals surface area contributed by atoms with Crippen molar-refractivity contribution in [2.45, 2.75) is 79.4 Å². The first-order valence-electron chi connectivity index (χ1n) is 20.6. The molecule has 0 radical (unpaired) electrons. The molecule has 0 aliphatic carbocycles. The lowest BCUT2D eigenvalue weighted by molar-refractivity contribution is -0.441. The molecule has 0 fully saturated rings. The highest BCUT2D eigenvalue weighted by Gasteiger charge is 2.48. The third kappa shape index (κ3) is 14.2. The minimum absolute atomic E-state index is 0.00528. The van der Waals surface area contributed by atoms with E-state index >= 15 is 0 Å². The number of unbranched alkanes of at least 4 members (excludes halogenated alkanes) is 2. The number of fused-ring (bicyclic) bond motifs is 2. The number of hydrogen-bond donors (Lipinski definition) is 1. The fourth-order valence-electron chi connectivity index (χ4n) is 8.08. The van der Waals surface area contributed by atoms with E-state index in [4.69, 9.17) is 23.7 Å². The van der Waals surface area contributed by atoms with E-state index < -0.39 is 62.7 Å². The minimum atomic E-state index is -4.89. The van der Waals surface area contributed by atoms with Gasteiger partial charge in [-0.25, -0.2) is 25.3 Å². The zero-order valence-electron chi connectivity index (χ0n) is 36.1. The van der Waals surface area contributed by atoms with Gasteiger partial charge in [0.2, 0.25) is 5.69 Å². The first kappa shape index (κ1) is 52.0. The number of ether oxygens (including phenoxy) is 5. The van der Waals surface area contributed by atoms with Crippen LogP contribution in [0.15, 0.2) is 70.1 Å². The molecule has 2 aliphatic rings. The van der Waals surface area contributed by atoms with Gasteiger partial charge in [-0.3, -0.25) is 4.79 Å². The molecule has 1 N–H and O–H groups in total. The molecule has 2 heterocycles. The van der Waals surface area contributed by atoms with Gasteiger partial charge in [-0.2, -0.15) is 4.58 Å². The standard InChI is InChI=1S/C42H60N2O16S3/c1-41(17-9-29-61(47,48)49)34-30-32(62(50,51)52)14-16-37(34)44(20-22-56-3)38(41)10-8-11-39-42(2,18-21-58-25-26-60-28-27-59-24-23-57-4)35-31-33(63(53,54)55)13-15-36(35)43(39)19-7-5-6-12-40(45)46/h8,10-11,13-16,30-31H,5-7,9,12,17-29H2,1-4H3,(H3-,45,46,47,48,49,50,51,52,53,54,55)/p-2. The van der Waals surface area contributed by atoms with Crippen molar-refractivity contribution >= 4 is 53.4 Å². The molecule has 0 spiro atoms. The van der Waals surface area contributed by atoms with Gasteiger partial charge in [-0.1, -0.05) is 12.5 Å². The van der Waals surface area contributed by atoms with Crippen molar-refractivity contribution in [3.05, 3.63) is 71.5 Å². The largest absolute Gasteiger partial charge is 0.748 e. The van der Waals surface area contributed by atoms with Crippen molar-refractivity contribution < 1.29 is 77.1 Å². The molecule has 0 bridgehead atoms. The monoisotopic (exact) mass is 942 g/mol. The summed E-state index contributed by atoms with van der Waals surface area (Å²) in [6.45, 7) is 7.00. The van der Waals surface area contributed by atoms with E-state index in [9.17, 15) is 48.8 Å². The fourth-order valence-corrected chi connectivity index (χ4v) is 9.57. The topological polar surface area (TPSA) is 261 Å². The number of carbonyl (C=O) groups is 1. The molecule has 2 unspecified atom stereocenters. The molecule has 0 amide bonds. The van der Waals surface area contributed by atoms with Crippen LogP contribution < -0.4 is 4.90 Å². The molecule has 2 aromatic rings. The highest BCUT2D eigenvalue weighted by molar-refractivity contribution is 7.86. The zero-order valence-corrected chi connectivity index (χ0v) is 38.6. The number of allylic oxidation sites excluding steroid dienone is 4. The highest BCUT2D eigenvalue weighted by Crippen LogP contribution is 2.51. The van der Waals surface area contributed by atoms with Gasteiger partial charge in [0.05, 0.1) is 65.0 Å². The number of benzene rings is 2. The summed E-state index contributed by atoms with van der Waals surface area (Å²) in [4.78, 5) is 12.4. The first-order valence-corrected chi connectivity index (χ1v) is 25.0. The van der Waals surface area contributed by atoms with E-state index in [1.54, 1.807) is 32.3 Å². The quantitative estimate of drug-likeness (QED) is 0.0691. The second kappa shape index (κ2) is 23.0. The third-order valence-electron chi connectivity index (χ3n) is 11.3. The van der Waals surface area contributed by atoms with Crippen LogP contribution >= 0.6 is 0 Å². The second-order valence-corrected chi connectivity index (χ2v) is 20.0. The Labute approximate surface area is 370 Å². The zero-order chi connectivity index (χ0) is 46.5. The van der Waals surface area contributed by atoms with Crippen LogP contribution in [0.3, 0.4) is 0 Å². The molecule has 2 atom stereocenters. The van der Waals surface area contributed by atoms with Gasteiger partial charge >= 0.3 is 5.97 Å². The van der Waals surface area contributed by atoms with Crippen LogP contribution in [0.2, 0.25) is 0 Å². The molecule has 0 saturated carbocycles. The van der Waals surface area contributed by atoms with Crippen molar-refractivity contribution in [2.24, 2.45) is 0 Å². The Morgan fingerprint density at radius 3 is 1.90 bits per heavy atom. The Hall–Kier alpha value is -3.61. The maximum atomic E-state index is 12.3. The van der Waals surface area contributed by atoms with E-state index in [0.29, 0.717) is 92.6 Å². The Balaban J connectivity index is 1.79. The molecular formula is C42H58N2O16S3-2. The summed E-state index contributed by atoms with van der Waals surface area (Å²) in [7, 11) is -11.2. The molecule has 2 aliphatic heterocycles. The van der Waals surface area contributed by atoms with Gasteiger partial charge in [0.1, 0.15) is 26.8 Å². The average Bonchev–Trinajstić information content (AvgIpc) is 3.57. The summed E-state index contributed by atoms with van der Waals surface area (Å²) in [5, 5.41) is 9.22. The van der Waals surface area contributed by atoms with E-state index in [-0.39, 0.29) is 52.2 Å². The van der Waals surface area contributed by atoms with Crippen LogP contribution in [-0.4, -0.2) is 146 Å². The van der Waals surface area contributed by atoms with Gasteiger partial charge in [-0.05, 0) is 87.9 Å². The predicted molar refractivity (Wildman–Crippen MR) is 229 cm³/mol. The Kier molecular flexibility index (Phi) is 19.0. The lowest BCUT2D eigenvalue weighted by Gasteiger charge is -2.30. The van der Waals surface area contributed by atoms with Crippen molar-refractivity contribution in [1.29, 1.82) is 0 Å². The molecule has 4 rings (SSSR count). The fraction of sp³-hybridized carbons (Fsp3) is 0.571. The number of rotatable bonds is 29. The van der Waals surface area contributed by atoms with E-state index in [1.165, 1.54) is 37.4 Å². The molecule has 2 aromatic carbocycles. The second-order valence-electron chi connectivity index (χ2n) is 15.7. The van der Waals surface area contributed by atoms with Crippen molar-refractivity contribution in [3.63, 3.8) is 0 Å². The number of carboxylic acid groups (broad SMARTS) is 1. The van der Waals surface area contributed by atoms with E-state index in [0.717, 1.165) is 0 Å². The number of methoxy groups -OCH3 is 2. The smallest absolute Gasteiger partial charge is 0.303 e. The predicted octanol–water partition coefficient (Wildman–Crippen LogP) is 3.77. The van der Waals surface area contributed by atoms with Crippen molar-refractivity contribution in [2.75, 3.05) is 90.8 Å². The highest BCUT2D eigenvalue weighted by atomic mass is 32.2. The first-order chi connectivity index (χ1) is 29.7. The van der Waals surface area contributed by atoms with Gasteiger partial charge < -0.3 is 47.3 Å². The van der Waals surface area contributed by atoms with Crippen LogP contribution in [0.4, 0.5) is 11.4 Å². The van der Waals surface area contributed by atoms with Crippen LogP contribution in [0.5, 0.6) is 0 Å². The summed E-state index contributed by atoms with van der Waals surface area (Å²) in [5.41, 5.74) is 1.48. The summed E-state index contributed by atoms with van der Waals surface area (Å²) in [6.07, 6.45) is 7.31.